The highest BCUT2D eigenvalue weighted by Crippen LogP contribution is 2.24. The van der Waals surface area contributed by atoms with Gasteiger partial charge in [0.25, 0.3) is 5.56 Å². The number of aromatic nitrogens is 6. The normalized spacial score (nSPS) is 11.5. The zero-order valence-electron chi connectivity index (χ0n) is 11.5. The summed E-state index contributed by atoms with van der Waals surface area (Å²) in [5.41, 5.74) is 3.52. The Kier molecular flexibility index (Phi) is 2.26. The van der Waals surface area contributed by atoms with E-state index >= 15 is 0 Å². The fourth-order valence-electron chi connectivity index (χ4n) is 2.54. The Morgan fingerprint density at radius 3 is 2.86 bits per heavy atom. The second-order valence-corrected chi connectivity index (χ2v) is 4.96. The molecule has 0 atom stereocenters. The van der Waals surface area contributed by atoms with Gasteiger partial charge in [-0.1, -0.05) is 0 Å². The Hall–Kier alpha value is -2.96. The summed E-state index contributed by atoms with van der Waals surface area (Å²) in [6, 6.07) is 5.93. The monoisotopic (exact) mass is 280 g/mol. The summed E-state index contributed by atoms with van der Waals surface area (Å²) < 4.78 is 3.77. The van der Waals surface area contributed by atoms with Gasteiger partial charge >= 0.3 is 0 Å². The van der Waals surface area contributed by atoms with Crippen LogP contribution in [0.1, 0.15) is 0 Å². The number of nitrogens with zero attached hydrogens (tertiary/aromatic N) is 5. The third kappa shape index (κ3) is 1.60. The minimum Gasteiger partial charge on any atom is -0.334 e. The van der Waals surface area contributed by atoms with Crippen LogP contribution in [-0.4, -0.2) is 29.1 Å². The minimum atomic E-state index is -0.235. The predicted molar refractivity (Wildman–Crippen MR) is 78.8 cm³/mol. The van der Waals surface area contributed by atoms with Crippen molar-refractivity contribution in [3.8, 4) is 11.4 Å². The number of aromatic amines is 1. The predicted octanol–water partition coefficient (Wildman–Crippen LogP) is 1.21. The van der Waals surface area contributed by atoms with Gasteiger partial charge < -0.3 is 14.1 Å². The van der Waals surface area contributed by atoms with E-state index in [1.165, 1.54) is 6.33 Å². The average molecular weight is 280 g/mol. The lowest BCUT2D eigenvalue weighted by molar-refractivity contribution is 0.937. The highest BCUT2D eigenvalue weighted by molar-refractivity contribution is 5.83. The number of benzene rings is 1. The van der Waals surface area contributed by atoms with E-state index in [2.05, 4.69) is 19.9 Å². The molecule has 0 fully saturated rings. The SMILES string of the molecule is Cn1cnc2cc(-c3nc4c(=O)[nH]cnc4n3C)ccc21. The molecule has 4 rings (SSSR count). The number of imidazole rings is 2. The average Bonchev–Trinajstić information content (AvgIpc) is 3.02. The van der Waals surface area contributed by atoms with Gasteiger partial charge in [-0.2, -0.15) is 0 Å². The molecule has 0 saturated carbocycles. The molecule has 3 aromatic heterocycles. The van der Waals surface area contributed by atoms with Crippen molar-refractivity contribution in [3.63, 3.8) is 0 Å². The Morgan fingerprint density at radius 1 is 1.19 bits per heavy atom. The number of hydrogen-bond donors (Lipinski definition) is 1. The first-order chi connectivity index (χ1) is 10.1. The largest absolute Gasteiger partial charge is 0.334 e. The van der Waals surface area contributed by atoms with Crippen molar-refractivity contribution in [3.05, 3.63) is 41.2 Å². The molecule has 0 radical (unpaired) electrons. The van der Waals surface area contributed by atoms with E-state index in [1.807, 2.05) is 41.4 Å². The van der Waals surface area contributed by atoms with E-state index in [1.54, 1.807) is 6.33 Å². The van der Waals surface area contributed by atoms with Crippen LogP contribution in [0.25, 0.3) is 33.6 Å². The Balaban J connectivity index is 2.01. The molecule has 0 amide bonds. The summed E-state index contributed by atoms with van der Waals surface area (Å²) in [5.74, 6) is 0.696. The number of nitrogens with one attached hydrogen (secondary N) is 1. The maximum Gasteiger partial charge on any atom is 0.278 e. The molecule has 7 heteroatoms. The molecule has 0 spiro atoms. The molecule has 104 valence electrons. The lowest BCUT2D eigenvalue weighted by atomic mass is 10.2. The summed E-state index contributed by atoms with van der Waals surface area (Å²) in [5, 5.41) is 0. The van der Waals surface area contributed by atoms with Gasteiger partial charge in [-0.25, -0.2) is 15.0 Å². The van der Waals surface area contributed by atoms with Crippen LogP contribution in [0.3, 0.4) is 0 Å². The molecule has 3 heterocycles. The van der Waals surface area contributed by atoms with Gasteiger partial charge in [0.1, 0.15) is 5.82 Å². The summed E-state index contributed by atoms with van der Waals surface area (Å²) in [4.78, 5) is 27.3. The zero-order valence-corrected chi connectivity index (χ0v) is 11.5. The summed E-state index contributed by atoms with van der Waals surface area (Å²) >= 11 is 0. The summed E-state index contributed by atoms with van der Waals surface area (Å²) in [7, 11) is 3.80. The quantitative estimate of drug-likeness (QED) is 0.568. The second-order valence-electron chi connectivity index (χ2n) is 4.96. The molecule has 21 heavy (non-hydrogen) atoms. The van der Waals surface area contributed by atoms with E-state index in [4.69, 9.17) is 0 Å². The molecular formula is C14H12N6O. The highest BCUT2D eigenvalue weighted by atomic mass is 16.1. The molecule has 0 aliphatic rings. The maximum atomic E-state index is 11.8. The van der Waals surface area contributed by atoms with E-state index in [0.717, 1.165) is 16.6 Å². The van der Waals surface area contributed by atoms with E-state index in [9.17, 15) is 4.79 Å². The summed E-state index contributed by atoms with van der Waals surface area (Å²) in [6.45, 7) is 0. The van der Waals surface area contributed by atoms with Crippen LogP contribution in [0, 0.1) is 0 Å². The smallest absolute Gasteiger partial charge is 0.278 e. The standard InChI is InChI=1S/C14H12N6O/c1-19-7-17-9-5-8(3-4-10(9)19)12-18-11-13(20(12)2)15-6-16-14(11)21/h3-7H,1-2H3,(H,15,16,21). The number of rotatable bonds is 1. The molecule has 0 saturated heterocycles. The number of H-pyrrole nitrogens is 1. The van der Waals surface area contributed by atoms with Crippen molar-refractivity contribution in [2.75, 3.05) is 0 Å². The van der Waals surface area contributed by atoms with Gasteiger partial charge in [0.15, 0.2) is 11.2 Å². The van der Waals surface area contributed by atoms with Crippen LogP contribution in [0.15, 0.2) is 35.6 Å². The molecule has 0 bridgehead atoms. The summed E-state index contributed by atoms with van der Waals surface area (Å²) in [6.07, 6.45) is 3.16. The lowest BCUT2D eigenvalue weighted by Gasteiger charge is -2.02. The first kappa shape index (κ1) is 11.8. The van der Waals surface area contributed by atoms with Crippen LogP contribution in [0.2, 0.25) is 0 Å². The van der Waals surface area contributed by atoms with Crippen LogP contribution in [-0.2, 0) is 14.1 Å². The molecule has 1 aromatic carbocycles. The van der Waals surface area contributed by atoms with Crippen molar-refractivity contribution < 1.29 is 0 Å². The lowest BCUT2D eigenvalue weighted by Crippen LogP contribution is -2.06. The van der Waals surface area contributed by atoms with Crippen molar-refractivity contribution >= 4 is 22.2 Å². The molecule has 7 nitrogen and oxygen atoms in total. The third-order valence-corrected chi connectivity index (χ3v) is 3.65. The number of aryl methyl sites for hydroxylation is 2. The molecule has 0 aliphatic heterocycles. The van der Waals surface area contributed by atoms with Crippen LogP contribution < -0.4 is 5.56 Å². The van der Waals surface area contributed by atoms with Crippen LogP contribution in [0.4, 0.5) is 0 Å². The fourth-order valence-corrected chi connectivity index (χ4v) is 2.54. The van der Waals surface area contributed by atoms with Gasteiger partial charge in [-0.05, 0) is 18.2 Å². The van der Waals surface area contributed by atoms with E-state index in [-0.39, 0.29) is 5.56 Å². The van der Waals surface area contributed by atoms with Gasteiger partial charge in [0, 0.05) is 19.7 Å². The van der Waals surface area contributed by atoms with Crippen LogP contribution in [0.5, 0.6) is 0 Å². The maximum absolute atomic E-state index is 11.8. The van der Waals surface area contributed by atoms with Gasteiger partial charge in [-0.15, -0.1) is 0 Å². The van der Waals surface area contributed by atoms with Crippen molar-refractivity contribution in [2.24, 2.45) is 14.1 Å². The molecule has 0 aliphatic carbocycles. The molecule has 0 unspecified atom stereocenters. The second kappa shape index (κ2) is 4.02. The third-order valence-electron chi connectivity index (χ3n) is 3.65. The van der Waals surface area contributed by atoms with E-state index < -0.39 is 0 Å². The minimum absolute atomic E-state index is 0.235. The van der Waals surface area contributed by atoms with Gasteiger partial charge in [-0.3, -0.25) is 4.79 Å². The first-order valence-corrected chi connectivity index (χ1v) is 6.47. The van der Waals surface area contributed by atoms with Crippen LogP contribution >= 0.6 is 0 Å². The highest BCUT2D eigenvalue weighted by Gasteiger charge is 2.14. The Bertz CT molecular complexity index is 1040. The van der Waals surface area contributed by atoms with E-state index in [0.29, 0.717) is 17.0 Å². The van der Waals surface area contributed by atoms with Crippen molar-refractivity contribution in [1.82, 2.24) is 29.1 Å². The molecule has 4 aromatic rings. The van der Waals surface area contributed by atoms with Crippen molar-refractivity contribution in [1.29, 1.82) is 0 Å². The Morgan fingerprint density at radius 2 is 2.05 bits per heavy atom. The van der Waals surface area contributed by atoms with Gasteiger partial charge in [0.05, 0.1) is 23.7 Å². The molecule has 1 N–H and O–H groups in total. The van der Waals surface area contributed by atoms with Crippen molar-refractivity contribution in [2.45, 2.75) is 0 Å². The fraction of sp³-hybridized carbons (Fsp3) is 0.143. The Labute approximate surface area is 118 Å². The topological polar surface area (TPSA) is 81.4 Å². The zero-order chi connectivity index (χ0) is 14.6. The van der Waals surface area contributed by atoms with Gasteiger partial charge in [0.2, 0.25) is 0 Å². The number of fused-ring (bicyclic) bond motifs is 2. The number of hydrogen-bond acceptors (Lipinski definition) is 4. The molecular weight excluding hydrogens is 268 g/mol. The first-order valence-electron chi connectivity index (χ1n) is 6.47.